The molecule has 0 radical (unpaired) electrons. The zero-order valence-corrected chi connectivity index (χ0v) is 9.08. The van der Waals surface area contributed by atoms with E-state index in [1.807, 2.05) is 17.5 Å². The SMILES string of the molecule is Cc1cc(-c2sccc2Cl)c[nH]c1=O. The lowest BCUT2D eigenvalue weighted by Crippen LogP contribution is -2.07. The molecule has 4 heteroatoms. The first-order chi connectivity index (χ1) is 6.68. The summed E-state index contributed by atoms with van der Waals surface area (Å²) in [4.78, 5) is 14.8. The van der Waals surface area contributed by atoms with Gasteiger partial charge >= 0.3 is 0 Å². The van der Waals surface area contributed by atoms with Crippen molar-refractivity contribution in [2.75, 3.05) is 0 Å². The third-order valence-electron chi connectivity index (χ3n) is 1.97. The van der Waals surface area contributed by atoms with E-state index in [0.29, 0.717) is 5.56 Å². The molecular weight excluding hydrogens is 218 g/mol. The molecule has 0 aromatic carbocycles. The molecule has 72 valence electrons. The summed E-state index contributed by atoms with van der Waals surface area (Å²) in [5.74, 6) is 0. The van der Waals surface area contributed by atoms with Crippen molar-refractivity contribution in [1.29, 1.82) is 0 Å². The van der Waals surface area contributed by atoms with Gasteiger partial charge in [0.05, 0.1) is 9.90 Å². The number of hydrogen-bond donors (Lipinski definition) is 1. The Morgan fingerprint density at radius 2 is 2.29 bits per heavy atom. The smallest absolute Gasteiger partial charge is 0.250 e. The maximum absolute atomic E-state index is 11.1. The van der Waals surface area contributed by atoms with Gasteiger partial charge in [-0.15, -0.1) is 11.3 Å². The Bertz CT molecular complexity index is 515. The molecule has 2 aromatic heterocycles. The number of aromatic amines is 1. The highest BCUT2D eigenvalue weighted by Crippen LogP contribution is 2.32. The van der Waals surface area contributed by atoms with Gasteiger partial charge in [0.25, 0.3) is 5.56 Å². The van der Waals surface area contributed by atoms with Crippen LogP contribution in [0.5, 0.6) is 0 Å². The zero-order chi connectivity index (χ0) is 10.1. The van der Waals surface area contributed by atoms with Gasteiger partial charge < -0.3 is 4.98 Å². The number of H-pyrrole nitrogens is 1. The third kappa shape index (κ3) is 1.61. The molecule has 0 aliphatic carbocycles. The summed E-state index contributed by atoms with van der Waals surface area (Å²) in [7, 11) is 0. The van der Waals surface area contributed by atoms with Crippen molar-refractivity contribution in [1.82, 2.24) is 4.98 Å². The van der Waals surface area contributed by atoms with Crippen LogP contribution in [0.3, 0.4) is 0 Å². The Morgan fingerprint density at radius 3 is 2.86 bits per heavy atom. The molecule has 2 rings (SSSR count). The molecule has 0 aliphatic rings. The predicted molar refractivity (Wildman–Crippen MR) is 60.1 cm³/mol. The minimum atomic E-state index is -0.0542. The first-order valence-electron chi connectivity index (χ1n) is 4.11. The topological polar surface area (TPSA) is 32.9 Å². The number of aryl methyl sites for hydroxylation is 1. The van der Waals surface area contributed by atoms with E-state index < -0.39 is 0 Å². The summed E-state index contributed by atoms with van der Waals surface area (Å²) in [5.41, 5.74) is 1.61. The lowest BCUT2D eigenvalue weighted by Gasteiger charge is -1.99. The summed E-state index contributed by atoms with van der Waals surface area (Å²) in [6, 6.07) is 3.69. The Kier molecular flexibility index (Phi) is 2.44. The van der Waals surface area contributed by atoms with E-state index >= 15 is 0 Å². The number of halogens is 1. The van der Waals surface area contributed by atoms with Crippen LogP contribution in [-0.4, -0.2) is 4.98 Å². The van der Waals surface area contributed by atoms with Crippen LogP contribution in [0.1, 0.15) is 5.56 Å². The average Bonchev–Trinajstić information content (AvgIpc) is 2.57. The van der Waals surface area contributed by atoms with Crippen LogP contribution in [-0.2, 0) is 0 Å². The second-order valence-electron chi connectivity index (χ2n) is 3.00. The van der Waals surface area contributed by atoms with Gasteiger partial charge in [-0.25, -0.2) is 0 Å². The summed E-state index contributed by atoms with van der Waals surface area (Å²) in [6.07, 6.45) is 1.69. The van der Waals surface area contributed by atoms with Gasteiger partial charge in [-0.3, -0.25) is 4.79 Å². The van der Waals surface area contributed by atoms with Crippen molar-refractivity contribution < 1.29 is 0 Å². The van der Waals surface area contributed by atoms with Crippen molar-refractivity contribution in [3.63, 3.8) is 0 Å². The van der Waals surface area contributed by atoms with E-state index in [4.69, 9.17) is 11.6 Å². The molecule has 0 spiro atoms. The van der Waals surface area contributed by atoms with E-state index in [-0.39, 0.29) is 5.56 Å². The minimum Gasteiger partial charge on any atom is -0.328 e. The van der Waals surface area contributed by atoms with E-state index in [1.165, 1.54) is 0 Å². The quantitative estimate of drug-likeness (QED) is 0.795. The second-order valence-corrected chi connectivity index (χ2v) is 4.32. The van der Waals surface area contributed by atoms with Crippen molar-refractivity contribution in [3.8, 4) is 10.4 Å². The van der Waals surface area contributed by atoms with Crippen molar-refractivity contribution in [3.05, 3.63) is 44.6 Å². The number of pyridine rings is 1. The van der Waals surface area contributed by atoms with Gasteiger partial charge in [0.1, 0.15) is 0 Å². The standard InChI is InChI=1S/C10H8ClNOS/c1-6-4-7(5-12-10(6)13)9-8(11)2-3-14-9/h2-5H,1H3,(H,12,13). The maximum Gasteiger partial charge on any atom is 0.250 e. The van der Waals surface area contributed by atoms with Gasteiger partial charge in [-0.1, -0.05) is 11.6 Å². The minimum absolute atomic E-state index is 0.0542. The molecular formula is C10H8ClNOS. The Hall–Kier alpha value is -1.06. The van der Waals surface area contributed by atoms with Crippen molar-refractivity contribution >= 4 is 22.9 Å². The molecule has 0 aliphatic heterocycles. The van der Waals surface area contributed by atoms with Crippen molar-refractivity contribution in [2.24, 2.45) is 0 Å². The van der Waals surface area contributed by atoms with E-state index in [9.17, 15) is 4.79 Å². The number of thiophene rings is 1. The highest BCUT2D eigenvalue weighted by atomic mass is 35.5. The normalized spacial score (nSPS) is 10.4. The Balaban J connectivity index is 2.59. The first-order valence-corrected chi connectivity index (χ1v) is 5.37. The summed E-state index contributed by atoms with van der Waals surface area (Å²) in [6.45, 7) is 1.78. The van der Waals surface area contributed by atoms with Crippen LogP contribution < -0.4 is 5.56 Å². The number of aromatic nitrogens is 1. The highest BCUT2D eigenvalue weighted by molar-refractivity contribution is 7.14. The molecule has 0 atom stereocenters. The van der Waals surface area contributed by atoms with Crippen LogP contribution in [0.4, 0.5) is 0 Å². The van der Waals surface area contributed by atoms with Gasteiger partial charge in [0.15, 0.2) is 0 Å². The molecule has 0 unspecified atom stereocenters. The van der Waals surface area contributed by atoms with Gasteiger partial charge in [-0.05, 0) is 24.4 Å². The number of hydrogen-bond acceptors (Lipinski definition) is 2. The first kappa shape index (κ1) is 9.49. The predicted octanol–water partition coefficient (Wildman–Crippen LogP) is 3.07. The summed E-state index contributed by atoms with van der Waals surface area (Å²) in [5, 5.41) is 2.65. The van der Waals surface area contributed by atoms with Gasteiger partial charge in [0.2, 0.25) is 0 Å². The second kappa shape index (κ2) is 3.59. The number of rotatable bonds is 1. The van der Waals surface area contributed by atoms with E-state index in [1.54, 1.807) is 24.5 Å². The Labute approximate surface area is 90.2 Å². The molecule has 14 heavy (non-hydrogen) atoms. The summed E-state index contributed by atoms with van der Waals surface area (Å²) >= 11 is 7.55. The lowest BCUT2D eigenvalue weighted by atomic mass is 10.2. The molecule has 2 heterocycles. The fraction of sp³-hybridized carbons (Fsp3) is 0.100. The van der Waals surface area contributed by atoms with Crippen LogP contribution in [0.25, 0.3) is 10.4 Å². The van der Waals surface area contributed by atoms with Crippen LogP contribution >= 0.6 is 22.9 Å². The largest absolute Gasteiger partial charge is 0.328 e. The van der Waals surface area contributed by atoms with Crippen LogP contribution in [0.15, 0.2) is 28.5 Å². The average molecular weight is 226 g/mol. The third-order valence-corrected chi connectivity index (χ3v) is 3.36. The van der Waals surface area contributed by atoms with Crippen molar-refractivity contribution in [2.45, 2.75) is 6.92 Å². The van der Waals surface area contributed by atoms with Crippen LogP contribution in [0.2, 0.25) is 5.02 Å². The molecule has 2 aromatic rings. The number of nitrogens with one attached hydrogen (secondary N) is 1. The maximum atomic E-state index is 11.1. The van der Waals surface area contributed by atoms with E-state index in [2.05, 4.69) is 4.98 Å². The van der Waals surface area contributed by atoms with E-state index in [0.717, 1.165) is 15.5 Å². The van der Waals surface area contributed by atoms with Gasteiger partial charge in [0, 0.05) is 17.3 Å². The molecule has 0 saturated heterocycles. The zero-order valence-electron chi connectivity index (χ0n) is 7.50. The molecule has 2 nitrogen and oxygen atoms in total. The van der Waals surface area contributed by atoms with Crippen LogP contribution in [0, 0.1) is 6.92 Å². The fourth-order valence-electron chi connectivity index (χ4n) is 1.23. The Morgan fingerprint density at radius 1 is 1.50 bits per heavy atom. The lowest BCUT2D eigenvalue weighted by molar-refractivity contribution is 1.19. The van der Waals surface area contributed by atoms with Gasteiger partial charge in [-0.2, -0.15) is 0 Å². The highest BCUT2D eigenvalue weighted by Gasteiger charge is 2.05. The summed E-state index contributed by atoms with van der Waals surface area (Å²) < 4.78 is 0. The molecule has 0 fully saturated rings. The monoisotopic (exact) mass is 225 g/mol. The molecule has 0 saturated carbocycles. The molecule has 0 bridgehead atoms. The fourth-order valence-corrected chi connectivity index (χ4v) is 2.38. The molecule has 0 amide bonds. The molecule has 1 N–H and O–H groups in total.